The zero-order chi connectivity index (χ0) is 18.7. The van der Waals surface area contributed by atoms with Gasteiger partial charge in [0.25, 0.3) is 0 Å². The molecule has 8 heteroatoms. The van der Waals surface area contributed by atoms with Crippen LogP contribution in [0.5, 0.6) is 0 Å². The van der Waals surface area contributed by atoms with Crippen LogP contribution in [0.25, 0.3) is 0 Å². The van der Waals surface area contributed by atoms with E-state index < -0.39 is 11.9 Å². The van der Waals surface area contributed by atoms with Gasteiger partial charge in [0, 0.05) is 20.4 Å². The predicted octanol–water partition coefficient (Wildman–Crippen LogP) is 3.44. The number of carbonyl (C=O) groups is 3. The Kier molecular flexibility index (Phi) is 4.68. The third-order valence-electron chi connectivity index (χ3n) is 5.88. The molecular formula is C18H17Br2ClN2O3. The Labute approximate surface area is 173 Å². The van der Waals surface area contributed by atoms with Crippen LogP contribution in [0.4, 0.5) is 5.69 Å². The van der Waals surface area contributed by atoms with E-state index in [9.17, 15) is 14.4 Å². The minimum absolute atomic E-state index is 0.138. The summed E-state index contributed by atoms with van der Waals surface area (Å²) in [5, 5.41) is 3.24. The van der Waals surface area contributed by atoms with Crippen LogP contribution in [-0.4, -0.2) is 38.3 Å². The molecule has 1 N–H and O–H groups in total. The highest BCUT2D eigenvalue weighted by molar-refractivity contribution is 9.12. The number of nitrogens with one attached hydrogen (secondary N) is 1. The number of rotatable bonds is 3. The molecule has 0 spiro atoms. The Morgan fingerprint density at radius 2 is 1.77 bits per heavy atom. The fraction of sp³-hybridized carbons (Fsp3) is 0.500. The van der Waals surface area contributed by atoms with E-state index in [-0.39, 0.29) is 45.1 Å². The van der Waals surface area contributed by atoms with Gasteiger partial charge in [0.2, 0.25) is 17.7 Å². The minimum Gasteiger partial charge on any atom is -0.324 e. The number of hydrogen-bond donors (Lipinski definition) is 1. The maximum absolute atomic E-state index is 13.0. The molecule has 1 saturated heterocycles. The van der Waals surface area contributed by atoms with Crippen molar-refractivity contribution in [1.82, 2.24) is 4.90 Å². The molecule has 3 amide bonds. The van der Waals surface area contributed by atoms with Gasteiger partial charge in [-0.3, -0.25) is 19.3 Å². The lowest BCUT2D eigenvalue weighted by molar-refractivity contribution is -0.146. The topological polar surface area (TPSA) is 66.5 Å². The van der Waals surface area contributed by atoms with Crippen molar-refractivity contribution in [2.75, 3.05) is 5.32 Å². The summed E-state index contributed by atoms with van der Waals surface area (Å²) < 4.78 is 0. The predicted molar refractivity (Wildman–Crippen MR) is 105 cm³/mol. The van der Waals surface area contributed by atoms with Crippen LogP contribution in [0.1, 0.15) is 13.3 Å². The van der Waals surface area contributed by atoms with Crippen LogP contribution in [0, 0.1) is 23.7 Å². The van der Waals surface area contributed by atoms with Crippen molar-refractivity contribution < 1.29 is 14.4 Å². The summed E-state index contributed by atoms with van der Waals surface area (Å²) in [4.78, 5) is 40.1. The summed E-state index contributed by atoms with van der Waals surface area (Å²) in [6, 6.07) is 5.91. The number of likely N-dealkylation sites (tertiary alicyclic amines) is 1. The van der Waals surface area contributed by atoms with Gasteiger partial charge in [-0.25, -0.2) is 0 Å². The molecule has 2 bridgehead atoms. The molecule has 138 valence electrons. The van der Waals surface area contributed by atoms with Crippen molar-refractivity contribution in [3.63, 3.8) is 0 Å². The van der Waals surface area contributed by atoms with E-state index in [0.717, 1.165) is 6.42 Å². The zero-order valence-electron chi connectivity index (χ0n) is 13.9. The second-order valence-corrected chi connectivity index (χ2v) is 9.78. The molecule has 7 atom stereocenters. The number of amides is 3. The molecule has 0 unspecified atom stereocenters. The first kappa shape index (κ1) is 18.4. The number of nitrogens with zero attached hydrogens (tertiary/aromatic N) is 1. The van der Waals surface area contributed by atoms with Crippen LogP contribution in [0.15, 0.2) is 24.3 Å². The average molecular weight is 505 g/mol. The summed E-state index contributed by atoms with van der Waals surface area (Å²) in [6.45, 7) is 1.59. The van der Waals surface area contributed by atoms with Gasteiger partial charge in [-0.05, 0) is 43.4 Å². The van der Waals surface area contributed by atoms with Crippen molar-refractivity contribution in [2.45, 2.75) is 29.0 Å². The SMILES string of the molecule is C[C@H](C(=O)Nc1cccc(Cl)c1)N1C(=O)[C@@H]2[C@H]3C[C@@H]([C@H](Br)[C@H]3Br)[C@H]2C1=O. The van der Waals surface area contributed by atoms with Crippen LogP contribution < -0.4 is 5.32 Å². The van der Waals surface area contributed by atoms with Gasteiger partial charge < -0.3 is 5.32 Å². The molecule has 2 saturated carbocycles. The third kappa shape index (κ3) is 2.66. The van der Waals surface area contributed by atoms with Crippen LogP contribution >= 0.6 is 43.5 Å². The fourth-order valence-electron chi connectivity index (χ4n) is 4.68. The van der Waals surface area contributed by atoms with E-state index >= 15 is 0 Å². The van der Waals surface area contributed by atoms with Crippen molar-refractivity contribution in [3.8, 4) is 0 Å². The molecule has 3 fully saturated rings. The first-order valence-electron chi connectivity index (χ1n) is 8.52. The largest absolute Gasteiger partial charge is 0.324 e. The van der Waals surface area contributed by atoms with Crippen LogP contribution in [0.2, 0.25) is 5.02 Å². The van der Waals surface area contributed by atoms with E-state index in [1.54, 1.807) is 31.2 Å². The lowest BCUT2D eigenvalue weighted by Crippen LogP contribution is -2.46. The molecule has 1 heterocycles. The van der Waals surface area contributed by atoms with Gasteiger partial charge in [0.1, 0.15) is 6.04 Å². The van der Waals surface area contributed by atoms with E-state index in [1.807, 2.05) is 0 Å². The van der Waals surface area contributed by atoms with Gasteiger partial charge in [-0.1, -0.05) is 49.5 Å². The molecule has 3 aliphatic rings. The van der Waals surface area contributed by atoms with Gasteiger partial charge in [0.15, 0.2) is 0 Å². The standard InChI is InChI=1S/C18H17Br2ClN2O3/c1-7(16(24)22-9-4-2-3-8(21)5-9)23-17(25)12-10-6-11(13(12)18(23)26)15(20)14(10)19/h2-5,7,10-15H,6H2,1H3,(H,22,24)/t7-,10-,11-,12-,13-,14+,15+/m1/s1. The lowest BCUT2D eigenvalue weighted by Gasteiger charge is -2.28. The Balaban J connectivity index is 1.54. The number of alkyl halides is 2. The quantitative estimate of drug-likeness (QED) is 0.507. The molecule has 5 nitrogen and oxygen atoms in total. The first-order valence-corrected chi connectivity index (χ1v) is 10.7. The molecule has 1 aromatic carbocycles. The third-order valence-corrected chi connectivity index (χ3v) is 9.32. The molecule has 1 aromatic rings. The number of halogens is 3. The Morgan fingerprint density at radius 1 is 1.19 bits per heavy atom. The van der Waals surface area contributed by atoms with Gasteiger partial charge in [0.05, 0.1) is 11.8 Å². The fourth-order valence-corrected chi connectivity index (χ4v) is 6.75. The smallest absolute Gasteiger partial charge is 0.247 e. The van der Waals surface area contributed by atoms with Crippen LogP contribution in [0.3, 0.4) is 0 Å². The summed E-state index contributed by atoms with van der Waals surface area (Å²) in [6.07, 6.45) is 0.871. The van der Waals surface area contributed by atoms with E-state index in [2.05, 4.69) is 37.2 Å². The number of imide groups is 1. The highest BCUT2D eigenvalue weighted by Crippen LogP contribution is 2.60. The Bertz CT molecular complexity index is 772. The van der Waals surface area contributed by atoms with Gasteiger partial charge in [-0.2, -0.15) is 0 Å². The second-order valence-electron chi connectivity index (χ2n) is 7.23. The Morgan fingerprint density at radius 3 is 2.31 bits per heavy atom. The number of fused-ring (bicyclic) bond motifs is 5. The first-order chi connectivity index (χ1) is 12.3. The van der Waals surface area contributed by atoms with Gasteiger partial charge in [-0.15, -0.1) is 0 Å². The molecule has 0 aromatic heterocycles. The summed E-state index contributed by atoms with van der Waals surface area (Å²) in [7, 11) is 0. The number of hydrogen-bond acceptors (Lipinski definition) is 3. The van der Waals surface area contributed by atoms with E-state index in [0.29, 0.717) is 10.7 Å². The van der Waals surface area contributed by atoms with Crippen molar-refractivity contribution in [1.29, 1.82) is 0 Å². The monoisotopic (exact) mass is 502 g/mol. The normalized spacial score (nSPS) is 36.4. The maximum Gasteiger partial charge on any atom is 0.247 e. The molecule has 1 aliphatic heterocycles. The highest BCUT2D eigenvalue weighted by Gasteiger charge is 2.67. The summed E-state index contributed by atoms with van der Waals surface area (Å²) in [5.74, 6) is -1.18. The van der Waals surface area contributed by atoms with E-state index in [4.69, 9.17) is 11.6 Å². The maximum atomic E-state index is 13.0. The minimum atomic E-state index is -0.860. The molecule has 0 radical (unpaired) electrons. The molecule has 26 heavy (non-hydrogen) atoms. The zero-order valence-corrected chi connectivity index (χ0v) is 17.8. The molecule has 4 rings (SSSR count). The Hall–Kier alpha value is -0.920. The van der Waals surface area contributed by atoms with Crippen molar-refractivity contribution in [3.05, 3.63) is 29.3 Å². The number of benzene rings is 1. The number of carbonyl (C=O) groups excluding carboxylic acids is 3. The van der Waals surface area contributed by atoms with Crippen molar-refractivity contribution >= 4 is 66.9 Å². The summed E-state index contributed by atoms with van der Waals surface area (Å²) in [5.41, 5.74) is 0.537. The average Bonchev–Trinajstić information content (AvgIpc) is 3.19. The van der Waals surface area contributed by atoms with Crippen LogP contribution in [-0.2, 0) is 14.4 Å². The molecular weight excluding hydrogens is 487 g/mol. The second kappa shape index (κ2) is 6.60. The van der Waals surface area contributed by atoms with Crippen molar-refractivity contribution in [2.24, 2.45) is 23.7 Å². The summed E-state index contributed by atoms with van der Waals surface area (Å²) >= 11 is 13.3. The number of anilines is 1. The van der Waals surface area contributed by atoms with Gasteiger partial charge >= 0.3 is 0 Å². The molecule has 2 aliphatic carbocycles. The van der Waals surface area contributed by atoms with E-state index in [1.165, 1.54) is 4.90 Å². The highest BCUT2D eigenvalue weighted by atomic mass is 79.9. The lowest BCUT2D eigenvalue weighted by atomic mass is 9.81.